The molecule has 4 rings (SSSR count). The lowest BCUT2D eigenvalue weighted by atomic mass is 10.0. The number of aromatic nitrogens is 3. The van der Waals surface area contributed by atoms with Crippen LogP contribution in [0.4, 0.5) is 5.69 Å². The average molecular weight is 385 g/mol. The lowest BCUT2D eigenvalue weighted by molar-refractivity contribution is -0.118. The van der Waals surface area contributed by atoms with E-state index >= 15 is 0 Å². The van der Waals surface area contributed by atoms with E-state index in [9.17, 15) is 9.59 Å². The molecule has 144 valence electrons. The van der Waals surface area contributed by atoms with Gasteiger partial charge in [0.2, 0.25) is 5.91 Å². The molecule has 7 nitrogen and oxygen atoms in total. The van der Waals surface area contributed by atoms with Gasteiger partial charge in [-0.15, -0.1) is 5.10 Å². The fourth-order valence-electron chi connectivity index (χ4n) is 3.08. The molecule has 1 heterocycles. The van der Waals surface area contributed by atoms with Crippen LogP contribution in [0.2, 0.25) is 0 Å². The van der Waals surface area contributed by atoms with E-state index in [1.54, 1.807) is 36.4 Å². The van der Waals surface area contributed by atoms with E-state index in [4.69, 9.17) is 0 Å². The van der Waals surface area contributed by atoms with Crippen LogP contribution in [-0.4, -0.2) is 33.3 Å². The molecule has 3 aromatic carbocycles. The number of hydrogen-bond donors (Lipinski definition) is 3. The monoisotopic (exact) mass is 385 g/mol. The van der Waals surface area contributed by atoms with E-state index < -0.39 is 6.04 Å². The van der Waals surface area contributed by atoms with Gasteiger partial charge in [-0.25, -0.2) is 0 Å². The number of aromatic amines is 1. The highest BCUT2D eigenvalue weighted by atomic mass is 16.2. The summed E-state index contributed by atoms with van der Waals surface area (Å²) >= 11 is 0. The minimum absolute atomic E-state index is 0.304. The van der Waals surface area contributed by atoms with Crippen LogP contribution in [0.1, 0.15) is 15.9 Å². The van der Waals surface area contributed by atoms with Crippen LogP contribution in [0.25, 0.3) is 11.0 Å². The van der Waals surface area contributed by atoms with Gasteiger partial charge in [-0.1, -0.05) is 59.8 Å². The summed E-state index contributed by atoms with van der Waals surface area (Å²) in [6.07, 6.45) is 0.361. The Morgan fingerprint density at radius 1 is 0.897 bits per heavy atom. The van der Waals surface area contributed by atoms with E-state index in [0.717, 1.165) is 11.1 Å². The molecule has 0 radical (unpaired) electrons. The quantitative estimate of drug-likeness (QED) is 0.475. The van der Waals surface area contributed by atoms with Gasteiger partial charge in [-0.2, -0.15) is 0 Å². The van der Waals surface area contributed by atoms with Crippen molar-refractivity contribution in [2.24, 2.45) is 0 Å². The van der Waals surface area contributed by atoms with Gasteiger partial charge >= 0.3 is 0 Å². The summed E-state index contributed by atoms with van der Waals surface area (Å²) in [7, 11) is 0. The Morgan fingerprint density at radius 2 is 1.62 bits per heavy atom. The molecule has 1 aromatic heterocycles. The van der Waals surface area contributed by atoms with Crippen LogP contribution in [0.15, 0.2) is 78.9 Å². The van der Waals surface area contributed by atoms with Crippen LogP contribution in [-0.2, 0) is 11.2 Å². The fraction of sp³-hybridized carbons (Fsp3) is 0.0909. The molecule has 0 aliphatic carbocycles. The molecular weight excluding hydrogens is 366 g/mol. The Balaban J connectivity index is 1.57. The molecule has 0 fully saturated rings. The van der Waals surface area contributed by atoms with Gasteiger partial charge in [0.05, 0.1) is 11.2 Å². The Labute approximate surface area is 167 Å². The number of hydrogen-bond acceptors (Lipinski definition) is 4. The smallest absolute Gasteiger partial charge is 0.251 e. The number of anilines is 1. The first-order chi connectivity index (χ1) is 14.2. The Kier molecular flexibility index (Phi) is 5.29. The Morgan fingerprint density at radius 3 is 2.38 bits per heavy atom. The SMILES string of the molecule is O=C(NC(Cc1ccccc1)C(=O)Nc1cccc2[nH]nnc12)c1ccccc1. The third-order valence-corrected chi connectivity index (χ3v) is 4.55. The van der Waals surface area contributed by atoms with Crippen molar-refractivity contribution in [2.75, 3.05) is 5.32 Å². The number of nitrogens with one attached hydrogen (secondary N) is 3. The number of carbonyl (C=O) groups excluding carboxylic acids is 2. The average Bonchev–Trinajstić information content (AvgIpc) is 3.24. The van der Waals surface area contributed by atoms with Crippen molar-refractivity contribution in [3.8, 4) is 0 Å². The van der Waals surface area contributed by atoms with Crippen LogP contribution in [0, 0.1) is 0 Å². The lowest BCUT2D eigenvalue weighted by Crippen LogP contribution is -2.45. The maximum Gasteiger partial charge on any atom is 0.251 e. The molecule has 0 aliphatic rings. The van der Waals surface area contributed by atoms with Gasteiger partial charge < -0.3 is 10.6 Å². The number of nitrogens with zero attached hydrogens (tertiary/aromatic N) is 2. The first kappa shape index (κ1) is 18.4. The predicted molar refractivity (Wildman–Crippen MR) is 110 cm³/mol. The molecular formula is C22H19N5O2. The zero-order valence-electron chi connectivity index (χ0n) is 15.5. The van der Waals surface area contributed by atoms with E-state index in [0.29, 0.717) is 23.2 Å². The summed E-state index contributed by atoms with van der Waals surface area (Å²) in [6, 6.07) is 23.0. The van der Waals surface area contributed by atoms with Crippen LogP contribution >= 0.6 is 0 Å². The van der Waals surface area contributed by atoms with E-state index in [-0.39, 0.29) is 11.8 Å². The van der Waals surface area contributed by atoms with Crippen molar-refractivity contribution in [3.05, 3.63) is 90.0 Å². The zero-order chi connectivity index (χ0) is 20.1. The van der Waals surface area contributed by atoms with Gasteiger partial charge in [-0.05, 0) is 29.8 Å². The number of carbonyl (C=O) groups is 2. The summed E-state index contributed by atoms with van der Waals surface area (Å²) in [6.45, 7) is 0. The molecule has 1 unspecified atom stereocenters. The third kappa shape index (κ3) is 4.30. The number of fused-ring (bicyclic) bond motifs is 1. The molecule has 1 atom stereocenters. The normalized spacial score (nSPS) is 11.7. The minimum atomic E-state index is -0.757. The topological polar surface area (TPSA) is 99.8 Å². The maximum absolute atomic E-state index is 13.1. The lowest BCUT2D eigenvalue weighted by Gasteiger charge is -2.19. The van der Waals surface area contributed by atoms with Crippen molar-refractivity contribution in [3.63, 3.8) is 0 Å². The highest BCUT2D eigenvalue weighted by molar-refractivity contribution is 6.04. The molecule has 2 amide bonds. The van der Waals surface area contributed by atoms with E-state index in [1.165, 1.54) is 0 Å². The third-order valence-electron chi connectivity index (χ3n) is 4.55. The number of H-pyrrole nitrogens is 1. The van der Waals surface area contributed by atoms with Gasteiger partial charge in [-0.3, -0.25) is 14.7 Å². The molecule has 0 saturated carbocycles. The molecule has 0 saturated heterocycles. The van der Waals surface area contributed by atoms with Crippen molar-refractivity contribution < 1.29 is 9.59 Å². The summed E-state index contributed by atoms with van der Waals surface area (Å²) in [4.78, 5) is 25.7. The van der Waals surface area contributed by atoms with Crippen molar-refractivity contribution in [1.82, 2.24) is 20.7 Å². The van der Waals surface area contributed by atoms with Crippen LogP contribution < -0.4 is 10.6 Å². The number of amides is 2. The van der Waals surface area contributed by atoms with Crippen LogP contribution in [0.3, 0.4) is 0 Å². The Bertz CT molecular complexity index is 1130. The first-order valence-electron chi connectivity index (χ1n) is 9.21. The molecule has 7 heteroatoms. The van der Waals surface area contributed by atoms with Gasteiger partial charge in [0.1, 0.15) is 11.6 Å². The second-order valence-corrected chi connectivity index (χ2v) is 6.58. The molecule has 0 bridgehead atoms. The maximum atomic E-state index is 13.1. The fourth-order valence-corrected chi connectivity index (χ4v) is 3.08. The standard InChI is InChI=1S/C22H19N5O2/c28-21(16-10-5-2-6-11-16)24-19(14-15-8-3-1-4-9-15)22(29)23-17-12-7-13-18-20(17)26-27-25-18/h1-13,19H,14H2,(H,23,29)(H,24,28)(H,25,26,27). The zero-order valence-corrected chi connectivity index (χ0v) is 15.5. The van der Waals surface area contributed by atoms with E-state index in [1.807, 2.05) is 42.5 Å². The van der Waals surface area contributed by atoms with Gasteiger partial charge in [0.15, 0.2) is 0 Å². The summed E-state index contributed by atoms with van der Waals surface area (Å²) in [5.41, 5.74) is 3.26. The molecule has 4 aromatic rings. The second-order valence-electron chi connectivity index (χ2n) is 6.58. The predicted octanol–water partition coefficient (Wildman–Crippen LogP) is 2.94. The largest absolute Gasteiger partial charge is 0.340 e. The highest BCUT2D eigenvalue weighted by Gasteiger charge is 2.23. The highest BCUT2D eigenvalue weighted by Crippen LogP contribution is 2.19. The molecule has 0 spiro atoms. The molecule has 3 N–H and O–H groups in total. The minimum Gasteiger partial charge on any atom is -0.340 e. The second kappa shape index (κ2) is 8.35. The molecule has 0 aliphatic heterocycles. The molecule has 29 heavy (non-hydrogen) atoms. The van der Waals surface area contributed by atoms with Gasteiger partial charge in [0.25, 0.3) is 5.91 Å². The Hall–Kier alpha value is -4.00. The van der Waals surface area contributed by atoms with Gasteiger partial charge in [0, 0.05) is 12.0 Å². The van der Waals surface area contributed by atoms with Crippen molar-refractivity contribution in [2.45, 2.75) is 12.5 Å². The van der Waals surface area contributed by atoms with Crippen LogP contribution in [0.5, 0.6) is 0 Å². The summed E-state index contributed by atoms with van der Waals surface area (Å²) < 4.78 is 0. The first-order valence-corrected chi connectivity index (χ1v) is 9.21. The summed E-state index contributed by atoms with van der Waals surface area (Å²) in [5, 5.41) is 16.3. The summed E-state index contributed by atoms with van der Waals surface area (Å²) in [5.74, 6) is -0.630. The van der Waals surface area contributed by atoms with Crippen molar-refractivity contribution in [1.29, 1.82) is 0 Å². The van der Waals surface area contributed by atoms with Crippen molar-refractivity contribution >= 4 is 28.5 Å². The number of rotatable bonds is 6. The van der Waals surface area contributed by atoms with E-state index in [2.05, 4.69) is 26.0 Å². The number of benzene rings is 3.